The van der Waals surface area contributed by atoms with Crippen LogP contribution in [0.5, 0.6) is 0 Å². The average molecular weight is 272 g/mol. The molecule has 4 heteroatoms. The van der Waals surface area contributed by atoms with Crippen molar-refractivity contribution in [2.45, 2.75) is 26.7 Å². The van der Waals surface area contributed by atoms with E-state index in [4.69, 9.17) is 0 Å². The highest BCUT2D eigenvalue weighted by atomic mass is 15.2. The fourth-order valence-electron chi connectivity index (χ4n) is 2.33. The van der Waals surface area contributed by atoms with Crippen LogP contribution in [0.1, 0.15) is 26.7 Å². The smallest absolute Gasteiger partial charge is 0.225 e. The molecule has 0 spiro atoms. The highest BCUT2D eigenvalue weighted by Gasteiger charge is 2.07. The SMILES string of the molecule is CCCN(CCC)c1ccc2nc(N(C)C)ncc2c1. The summed E-state index contributed by atoms with van der Waals surface area (Å²) in [4.78, 5) is 13.3. The summed E-state index contributed by atoms with van der Waals surface area (Å²) in [6.45, 7) is 6.62. The lowest BCUT2D eigenvalue weighted by molar-refractivity contribution is 0.745. The Bertz CT molecular complexity index is 559. The Kier molecular flexibility index (Phi) is 4.77. The molecule has 0 radical (unpaired) electrons. The monoisotopic (exact) mass is 272 g/mol. The largest absolute Gasteiger partial charge is 0.372 e. The summed E-state index contributed by atoms with van der Waals surface area (Å²) in [7, 11) is 3.92. The Labute approximate surface area is 121 Å². The van der Waals surface area contributed by atoms with E-state index in [1.54, 1.807) is 0 Å². The van der Waals surface area contributed by atoms with Crippen LogP contribution in [0.3, 0.4) is 0 Å². The summed E-state index contributed by atoms with van der Waals surface area (Å²) in [5.41, 5.74) is 2.27. The molecular weight excluding hydrogens is 248 g/mol. The summed E-state index contributed by atoms with van der Waals surface area (Å²) in [5.74, 6) is 0.754. The van der Waals surface area contributed by atoms with E-state index in [0.717, 1.165) is 42.8 Å². The topological polar surface area (TPSA) is 32.3 Å². The van der Waals surface area contributed by atoms with Gasteiger partial charge in [0.15, 0.2) is 0 Å². The number of rotatable bonds is 6. The first-order valence-corrected chi connectivity index (χ1v) is 7.34. The molecule has 0 bridgehead atoms. The van der Waals surface area contributed by atoms with E-state index >= 15 is 0 Å². The lowest BCUT2D eigenvalue weighted by Crippen LogP contribution is -2.24. The van der Waals surface area contributed by atoms with Crippen molar-refractivity contribution in [1.82, 2.24) is 9.97 Å². The van der Waals surface area contributed by atoms with Crippen LogP contribution >= 0.6 is 0 Å². The van der Waals surface area contributed by atoms with Crippen LogP contribution in [0.2, 0.25) is 0 Å². The van der Waals surface area contributed by atoms with Crippen LogP contribution in [0.4, 0.5) is 11.6 Å². The summed E-state index contributed by atoms with van der Waals surface area (Å²) >= 11 is 0. The Balaban J connectivity index is 2.35. The fraction of sp³-hybridized carbons (Fsp3) is 0.500. The number of fused-ring (bicyclic) bond motifs is 1. The maximum Gasteiger partial charge on any atom is 0.225 e. The molecule has 2 rings (SSSR count). The van der Waals surface area contributed by atoms with Crippen molar-refractivity contribution >= 4 is 22.5 Å². The number of aromatic nitrogens is 2. The Morgan fingerprint density at radius 1 is 1.05 bits per heavy atom. The van der Waals surface area contributed by atoms with Crippen LogP contribution in [-0.4, -0.2) is 37.2 Å². The molecule has 0 fully saturated rings. The van der Waals surface area contributed by atoms with Crippen LogP contribution in [0.15, 0.2) is 24.4 Å². The van der Waals surface area contributed by atoms with Crippen LogP contribution in [0, 0.1) is 0 Å². The Morgan fingerprint density at radius 2 is 1.75 bits per heavy atom. The lowest BCUT2D eigenvalue weighted by Gasteiger charge is -2.24. The van der Waals surface area contributed by atoms with Gasteiger partial charge in [-0.3, -0.25) is 0 Å². The second-order valence-corrected chi connectivity index (χ2v) is 5.29. The van der Waals surface area contributed by atoms with Crippen molar-refractivity contribution in [3.8, 4) is 0 Å². The van der Waals surface area contributed by atoms with Gasteiger partial charge in [-0.2, -0.15) is 0 Å². The number of hydrogen-bond donors (Lipinski definition) is 0. The second-order valence-electron chi connectivity index (χ2n) is 5.29. The first-order valence-electron chi connectivity index (χ1n) is 7.34. The minimum Gasteiger partial charge on any atom is -0.372 e. The Morgan fingerprint density at radius 3 is 2.35 bits per heavy atom. The van der Waals surface area contributed by atoms with Crippen LogP contribution in [0.25, 0.3) is 10.9 Å². The van der Waals surface area contributed by atoms with Gasteiger partial charge >= 0.3 is 0 Å². The van der Waals surface area contributed by atoms with Gasteiger partial charge in [-0.1, -0.05) is 13.8 Å². The quantitative estimate of drug-likeness (QED) is 0.807. The number of benzene rings is 1. The van der Waals surface area contributed by atoms with E-state index in [-0.39, 0.29) is 0 Å². The molecular formula is C16H24N4. The third-order valence-corrected chi connectivity index (χ3v) is 3.30. The average Bonchev–Trinajstić information content (AvgIpc) is 2.46. The zero-order chi connectivity index (χ0) is 14.5. The lowest BCUT2D eigenvalue weighted by atomic mass is 10.2. The van der Waals surface area contributed by atoms with Gasteiger partial charge in [-0.15, -0.1) is 0 Å². The zero-order valence-electron chi connectivity index (χ0n) is 12.9. The summed E-state index contributed by atoms with van der Waals surface area (Å²) in [6.07, 6.45) is 4.24. The van der Waals surface area contributed by atoms with E-state index in [0.29, 0.717) is 0 Å². The minimum atomic E-state index is 0.754. The van der Waals surface area contributed by atoms with Crippen LogP contribution < -0.4 is 9.80 Å². The van der Waals surface area contributed by atoms with Crippen molar-refractivity contribution in [2.24, 2.45) is 0 Å². The molecule has 2 aromatic rings. The molecule has 4 nitrogen and oxygen atoms in total. The van der Waals surface area contributed by atoms with E-state index in [1.165, 1.54) is 5.69 Å². The number of anilines is 2. The highest BCUT2D eigenvalue weighted by molar-refractivity contribution is 5.82. The predicted octanol–water partition coefficient (Wildman–Crippen LogP) is 3.32. The molecule has 1 heterocycles. The molecule has 108 valence electrons. The first-order chi connectivity index (χ1) is 9.65. The van der Waals surface area contributed by atoms with Crippen LogP contribution in [-0.2, 0) is 0 Å². The van der Waals surface area contributed by atoms with Crippen molar-refractivity contribution in [3.63, 3.8) is 0 Å². The van der Waals surface area contributed by atoms with Gasteiger partial charge in [-0.05, 0) is 31.0 Å². The number of nitrogens with zero attached hydrogens (tertiary/aromatic N) is 4. The highest BCUT2D eigenvalue weighted by Crippen LogP contribution is 2.22. The molecule has 1 aromatic carbocycles. The maximum absolute atomic E-state index is 4.56. The van der Waals surface area contributed by atoms with Crippen molar-refractivity contribution in [3.05, 3.63) is 24.4 Å². The zero-order valence-corrected chi connectivity index (χ0v) is 12.9. The Hall–Kier alpha value is -1.84. The van der Waals surface area contributed by atoms with Gasteiger partial charge in [0.05, 0.1) is 5.52 Å². The van der Waals surface area contributed by atoms with E-state index in [2.05, 4.69) is 46.9 Å². The van der Waals surface area contributed by atoms with Gasteiger partial charge in [-0.25, -0.2) is 9.97 Å². The third-order valence-electron chi connectivity index (χ3n) is 3.30. The molecule has 1 aromatic heterocycles. The molecule has 0 atom stereocenters. The minimum absolute atomic E-state index is 0.754. The molecule has 0 saturated heterocycles. The van der Waals surface area contributed by atoms with Gasteiger partial charge < -0.3 is 9.80 Å². The van der Waals surface area contributed by atoms with Gasteiger partial charge in [0.1, 0.15) is 0 Å². The molecule has 0 N–H and O–H groups in total. The summed E-state index contributed by atoms with van der Waals surface area (Å²) in [5, 5.41) is 1.10. The molecule has 0 aliphatic heterocycles. The molecule has 0 aliphatic rings. The fourth-order valence-corrected chi connectivity index (χ4v) is 2.33. The number of hydrogen-bond acceptors (Lipinski definition) is 4. The maximum atomic E-state index is 4.56. The summed E-state index contributed by atoms with van der Waals surface area (Å²) in [6, 6.07) is 6.46. The standard InChI is InChI=1S/C16H24N4/c1-5-9-20(10-6-2)14-7-8-15-13(11-14)12-17-16(18-15)19(3)4/h7-8,11-12H,5-6,9-10H2,1-4H3. The normalized spacial score (nSPS) is 10.8. The van der Waals surface area contributed by atoms with Gasteiger partial charge in [0, 0.05) is 44.5 Å². The predicted molar refractivity (Wildman–Crippen MR) is 86.7 cm³/mol. The molecule has 0 amide bonds. The third kappa shape index (κ3) is 3.18. The molecule has 20 heavy (non-hydrogen) atoms. The van der Waals surface area contributed by atoms with E-state index in [9.17, 15) is 0 Å². The summed E-state index contributed by atoms with van der Waals surface area (Å²) < 4.78 is 0. The van der Waals surface area contributed by atoms with Gasteiger partial charge in [0.2, 0.25) is 5.95 Å². The second kappa shape index (κ2) is 6.55. The van der Waals surface area contributed by atoms with Crippen molar-refractivity contribution in [1.29, 1.82) is 0 Å². The van der Waals surface area contributed by atoms with E-state index < -0.39 is 0 Å². The molecule has 0 saturated carbocycles. The van der Waals surface area contributed by atoms with Crippen molar-refractivity contribution in [2.75, 3.05) is 37.0 Å². The molecule has 0 unspecified atom stereocenters. The van der Waals surface area contributed by atoms with Crippen molar-refractivity contribution < 1.29 is 0 Å². The van der Waals surface area contributed by atoms with E-state index in [1.807, 2.05) is 25.2 Å². The van der Waals surface area contributed by atoms with Gasteiger partial charge in [0.25, 0.3) is 0 Å². The molecule has 0 aliphatic carbocycles. The first kappa shape index (κ1) is 14.6.